The Labute approximate surface area is 82.2 Å². The van der Waals surface area contributed by atoms with Crippen LogP contribution in [0.4, 0.5) is 5.69 Å². The van der Waals surface area contributed by atoms with Gasteiger partial charge in [-0.25, -0.2) is 4.98 Å². The summed E-state index contributed by atoms with van der Waals surface area (Å²) in [4.78, 5) is 24.6. The Balaban J connectivity index is 2.85. The van der Waals surface area contributed by atoms with Gasteiger partial charge >= 0.3 is 0 Å². The van der Waals surface area contributed by atoms with Gasteiger partial charge < -0.3 is 0 Å². The molecule has 0 spiro atoms. The predicted molar refractivity (Wildman–Crippen MR) is 51.7 cm³/mol. The standard InChI is InChI=1S/C8H4N2O3S/c11-4-5-7(10(12)13)3-9-6-1-2-14-8(5)6/h1-4H. The van der Waals surface area contributed by atoms with Gasteiger partial charge in [0.2, 0.25) is 0 Å². The molecule has 0 saturated carbocycles. The Morgan fingerprint density at radius 3 is 3.00 bits per heavy atom. The van der Waals surface area contributed by atoms with Crippen molar-refractivity contribution < 1.29 is 9.72 Å². The fourth-order valence-corrected chi connectivity index (χ4v) is 2.04. The van der Waals surface area contributed by atoms with Gasteiger partial charge in [0, 0.05) is 0 Å². The van der Waals surface area contributed by atoms with Crippen LogP contribution in [0.2, 0.25) is 0 Å². The van der Waals surface area contributed by atoms with E-state index in [1.54, 1.807) is 11.4 Å². The van der Waals surface area contributed by atoms with Crippen molar-refractivity contribution in [1.29, 1.82) is 0 Å². The molecule has 0 aromatic carbocycles. The number of pyridine rings is 1. The van der Waals surface area contributed by atoms with Crippen molar-refractivity contribution in [3.63, 3.8) is 0 Å². The van der Waals surface area contributed by atoms with Crippen molar-refractivity contribution in [3.05, 3.63) is 33.3 Å². The first-order valence-electron chi connectivity index (χ1n) is 3.70. The van der Waals surface area contributed by atoms with E-state index < -0.39 is 4.92 Å². The summed E-state index contributed by atoms with van der Waals surface area (Å²) in [6, 6.07) is 1.72. The molecule has 0 aliphatic rings. The first-order chi connectivity index (χ1) is 6.74. The third kappa shape index (κ3) is 1.16. The molecule has 0 radical (unpaired) electrons. The Bertz CT molecular complexity index is 520. The molecular weight excluding hydrogens is 204 g/mol. The number of thiophene rings is 1. The molecule has 0 aliphatic carbocycles. The molecule has 6 heteroatoms. The second-order valence-corrected chi connectivity index (χ2v) is 3.48. The molecule has 0 atom stereocenters. The highest BCUT2D eigenvalue weighted by Gasteiger charge is 2.17. The third-order valence-electron chi connectivity index (χ3n) is 1.81. The zero-order chi connectivity index (χ0) is 10.1. The van der Waals surface area contributed by atoms with Crippen LogP contribution < -0.4 is 0 Å². The minimum absolute atomic E-state index is 0.106. The number of carbonyl (C=O) groups is 1. The van der Waals surface area contributed by atoms with Crippen LogP contribution in [-0.2, 0) is 0 Å². The summed E-state index contributed by atoms with van der Waals surface area (Å²) < 4.78 is 0.564. The summed E-state index contributed by atoms with van der Waals surface area (Å²) in [5.74, 6) is 0. The van der Waals surface area contributed by atoms with E-state index in [1.165, 1.54) is 11.3 Å². The summed E-state index contributed by atoms with van der Waals surface area (Å²) in [6.45, 7) is 0. The summed E-state index contributed by atoms with van der Waals surface area (Å²) in [5, 5.41) is 12.3. The zero-order valence-corrected chi connectivity index (χ0v) is 7.65. The van der Waals surface area contributed by atoms with Crippen molar-refractivity contribution in [3.8, 4) is 0 Å². The fraction of sp³-hybridized carbons (Fsp3) is 0. The van der Waals surface area contributed by atoms with Gasteiger partial charge in [0.1, 0.15) is 11.8 Å². The highest BCUT2D eigenvalue weighted by molar-refractivity contribution is 7.17. The highest BCUT2D eigenvalue weighted by atomic mass is 32.1. The van der Waals surface area contributed by atoms with Crippen molar-refractivity contribution in [2.45, 2.75) is 0 Å². The van der Waals surface area contributed by atoms with E-state index in [2.05, 4.69) is 4.98 Å². The summed E-state index contributed by atoms with van der Waals surface area (Å²) >= 11 is 1.27. The van der Waals surface area contributed by atoms with Crippen LogP contribution >= 0.6 is 11.3 Å². The Kier molecular flexibility index (Phi) is 1.97. The number of rotatable bonds is 2. The van der Waals surface area contributed by atoms with E-state index >= 15 is 0 Å². The second kappa shape index (κ2) is 3.15. The van der Waals surface area contributed by atoms with Crippen LogP contribution in [-0.4, -0.2) is 16.2 Å². The number of hydrogen-bond donors (Lipinski definition) is 0. The van der Waals surface area contributed by atoms with Gasteiger partial charge in [-0.15, -0.1) is 11.3 Å². The van der Waals surface area contributed by atoms with E-state index in [-0.39, 0.29) is 11.3 Å². The quantitative estimate of drug-likeness (QED) is 0.430. The zero-order valence-electron chi connectivity index (χ0n) is 6.84. The average Bonchev–Trinajstić information content (AvgIpc) is 2.63. The lowest BCUT2D eigenvalue weighted by Crippen LogP contribution is -1.95. The molecule has 0 fully saturated rings. The molecule has 14 heavy (non-hydrogen) atoms. The summed E-state index contributed by atoms with van der Waals surface area (Å²) in [7, 11) is 0. The Morgan fingerprint density at radius 1 is 1.57 bits per heavy atom. The molecule has 2 aromatic heterocycles. The molecule has 2 aromatic rings. The molecule has 0 amide bonds. The number of carbonyl (C=O) groups excluding carboxylic acids is 1. The van der Waals surface area contributed by atoms with E-state index in [4.69, 9.17) is 0 Å². The largest absolute Gasteiger partial charge is 0.299 e. The SMILES string of the molecule is O=Cc1c([N+](=O)[O-])cnc2ccsc12. The summed E-state index contributed by atoms with van der Waals surface area (Å²) in [5.41, 5.74) is 0.479. The van der Waals surface area contributed by atoms with Crippen molar-refractivity contribution >= 4 is 33.5 Å². The van der Waals surface area contributed by atoms with E-state index in [1.807, 2.05) is 0 Å². The second-order valence-electron chi connectivity index (χ2n) is 2.57. The van der Waals surface area contributed by atoms with E-state index in [0.717, 1.165) is 6.20 Å². The van der Waals surface area contributed by atoms with Gasteiger partial charge in [-0.2, -0.15) is 0 Å². The van der Waals surface area contributed by atoms with Crippen LogP contribution in [0.5, 0.6) is 0 Å². The molecule has 0 unspecified atom stereocenters. The molecule has 2 heterocycles. The number of aromatic nitrogens is 1. The lowest BCUT2D eigenvalue weighted by molar-refractivity contribution is -0.385. The van der Waals surface area contributed by atoms with Crippen molar-refractivity contribution in [2.75, 3.05) is 0 Å². The van der Waals surface area contributed by atoms with Crippen LogP contribution in [0.25, 0.3) is 10.2 Å². The third-order valence-corrected chi connectivity index (χ3v) is 2.74. The molecule has 0 saturated heterocycles. The minimum Gasteiger partial charge on any atom is -0.298 e. The lowest BCUT2D eigenvalue weighted by Gasteiger charge is -1.95. The maximum Gasteiger partial charge on any atom is 0.299 e. The van der Waals surface area contributed by atoms with E-state index in [9.17, 15) is 14.9 Å². The average molecular weight is 208 g/mol. The molecular formula is C8H4N2O3S. The molecule has 0 bridgehead atoms. The molecule has 0 aliphatic heterocycles. The van der Waals surface area contributed by atoms with Gasteiger partial charge in [0.25, 0.3) is 5.69 Å². The number of aldehydes is 1. The Morgan fingerprint density at radius 2 is 2.36 bits per heavy atom. The van der Waals surface area contributed by atoms with E-state index in [0.29, 0.717) is 16.5 Å². The number of hydrogen-bond acceptors (Lipinski definition) is 5. The number of fused-ring (bicyclic) bond motifs is 1. The molecule has 70 valence electrons. The highest BCUT2D eigenvalue weighted by Crippen LogP contribution is 2.28. The Hall–Kier alpha value is -1.82. The molecule has 0 N–H and O–H groups in total. The maximum absolute atomic E-state index is 10.7. The lowest BCUT2D eigenvalue weighted by atomic mass is 10.2. The number of nitro groups is 1. The van der Waals surface area contributed by atoms with Gasteiger partial charge in [-0.3, -0.25) is 14.9 Å². The number of nitrogens with zero attached hydrogens (tertiary/aromatic N) is 2. The molecule has 5 nitrogen and oxygen atoms in total. The molecule has 2 rings (SSSR count). The van der Waals surface area contributed by atoms with Gasteiger partial charge in [0.15, 0.2) is 6.29 Å². The minimum atomic E-state index is -0.601. The van der Waals surface area contributed by atoms with Gasteiger partial charge in [0.05, 0.1) is 15.1 Å². The predicted octanol–water partition coefficient (Wildman–Crippen LogP) is 2.02. The normalized spacial score (nSPS) is 10.3. The van der Waals surface area contributed by atoms with Crippen molar-refractivity contribution in [1.82, 2.24) is 4.98 Å². The summed E-state index contributed by atoms with van der Waals surface area (Å²) in [6.07, 6.45) is 1.61. The monoisotopic (exact) mass is 208 g/mol. The van der Waals surface area contributed by atoms with Crippen LogP contribution in [0.3, 0.4) is 0 Å². The van der Waals surface area contributed by atoms with Crippen LogP contribution in [0, 0.1) is 10.1 Å². The topological polar surface area (TPSA) is 73.1 Å². The smallest absolute Gasteiger partial charge is 0.298 e. The van der Waals surface area contributed by atoms with Gasteiger partial charge in [-0.1, -0.05) is 0 Å². The van der Waals surface area contributed by atoms with Crippen molar-refractivity contribution in [2.24, 2.45) is 0 Å². The first kappa shape index (κ1) is 8.76. The first-order valence-corrected chi connectivity index (χ1v) is 4.58. The fourth-order valence-electron chi connectivity index (χ4n) is 1.18. The maximum atomic E-state index is 10.7. The van der Waals surface area contributed by atoms with Crippen LogP contribution in [0.1, 0.15) is 10.4 Å². The van der Waals surface area contributed by atoms with Crippen LogP contribution in [0.15, 0.2) is 17.6 Å². The van der Waals surface area contributed by atoms with Gasteiger partial charge in [-0.05, 0) is 11.4 Å².